The summed E-state index contributed by atoms with van der Waals surface area (Å²) in [4.78, 5) is 26.1. The van der Waals surface area contributed by atoms with Gasteiger partial charge in [-0.1, -0.05) is 41.0 Å². The third kappa shape index (κ3) is 2.60. The van der Waals surface area contributed by atoms with E-state index in [0.29, 0.717) is 17.8 Å². The van der Waals surface area contributed by atoms with Crippen LogP contribution in [0.15, 0.2) is 22.5 Å². The standard InChI is InChI=1S/C22H32O4/c1-7-26-13-11-14-21(4,5)9-8-10-22(14,6)17-16(13)18(23)15(12(2)3)19(24)20(17)25/h12-14,23H,7-11H2,1-6H3/t13-,14+,22+/m1/s1. The van der Waals surface area contributed by atoms with Gasteiger partial charge in [0.25, 0.3) is 0 Å². The Balaban J connectivity index is 2.28. The van der Waals surface area contributed by atoms with E-state index < -0.39 is 11.6 Å². The van der Waals surface area contributed by atoms with Crippen molar-refractivity contribution in [3.8, 4) is 0 Å². The minimum Gasteiger partial charge on any atom is -0.507 e. The summed E-state index contributed by atoms with van der Waals surface area (Å²) in [6.07, 6.45) is 3.47. The van der Waals surface area contributed by atoms with E-state index in [1.807, 2.05) is 20.8 Å². The molecule has 0 spiro atoms. The second-order valence-electron chi connectivity index (χ2n) is 9.36. The number of ketones is 2. The highest BCUT2D eigenvalue weighted by Crippen LogP contribution is 2.61. The smallest absolute Gasteiger partial charge is 0.233 e. The first-order chi connectivity index (χ1) is 12.1. The highest BCUT2D eigenvalue weighted by atomic mass is 16.5. The number of allylic oxidation sites excluding steroid dienone is 2. The van der Waals surface area contributed by atoms with Crippen LogP contribution in [0.1, 0.15) is 67.2 Å². The fraction of sp³-hybridized carbons (Fsp3) is 0.727. The Morgan fingerprint density at radius 2 is 1.81 bits per heavy atom. The van der Waals surface area contributed by atoms with Gasteiger partial charge in [0.05, 0.1) is 6.10 Å². The number of ether oxygens (including phenoxy) is 1. The normalized spacial score (nSPS) is 34.3. The first-order valence-corrected chi connectivity index (χ1v) is 9.95. The highest BCUT2D eigenvalue weighted by Gasteiger charge is 2.57. The molecular weight excluding hydrogens is 328 g/mol. The molecule has 0 aromatic carbocycles. The molecule has 0 radical (unpaired) electrons. The fourth-order valence-corrected chi connectivity index (χ4v) is 5.83. The largest absolute Gasteiger partial charge is 0.507 e. The molecule has 26 heavy (non-hydrogen) atoms. The number of Topliss-reactive ketones (excluding diaryl/α,β-unsaturated/α-hetero) is 2. The molecule has 1 saturated carbocycles. The van der Waals surface area contributed by atoms with Gasteiger partial charge in [0.2, 0.25) is 11.6 Å². The predicted molar refractivity (Wildman–Crippen MR) is 101 cm³/mol. The van der Waals surface area contributed by atoms with Gasteiger partial charge in [0.1, 0.15) is 5.76 Å². The van der Waals surface area contributed by atoms with E-state index in [4.69, 9.17) is 4.74 Å². The summed E-state index contributed by atoms with van der Waals surface area (Å²) in [5.41, 5.74) is 1.06. The molecule has 0 aliphatic heterocycles. The van der Waals surface area contributed by atoms with Gasteiger partial charge in [-0.05, 0) is 43.4 Å². The molecule has 1 fully saturated rings. The molecule has 0 amide bonds. The van der Waals surface area contributed by atoms with Crippen LogP contribution in [0.25, 0.3) is 0 Å². The van der Waals surface area contributed by atoms with Crippen molar-refractivity contribution in [1.29, 1.82) is 0 Å². The zero-order chi connectivity index (χ0) is 19.4. The number of carbonyl (C=O) groups excluding carboxylic acids is 2. The number of hydrogen-bond donors (Lipinski definition) is 1. The Morgan fingerprint density at radius 3 is 2.38 bits per heavy atom. The van der Waals surface area contributed by atoms with Crippen LogP contribution >= 0.6 is 0 Å². The Kier molecular flexibility index (Phi) is 4.71. The molecule has 0 heterocycles. The van der Waals surface area contributed by atoms with E-state index in [9.17, 15) is 14.7 Å². The van der Waals surface area contributed by atoms with Crippen LogP contribution in [0.4, 0.5) is 0 Å². The SMILES string of the molecule is CCO[C@@H]1C[C@H]2C(C)(C)CCC[C@]2(C)C2=C1C(O)=C(C(C)C)C(=O)C2=O. The Hall–Kier alpha value is -1.42. The summed E-state index contributed by atoms with van der Waals surface area (Å²) in [6.45, 7) is 12.8. The maximum absolute atomic E-state index is 13.2. The molecule has 0 unspecified atom stereocenters. The lowest BCUT2D eigenvalue weighted by atomic mass is 9.48. The van der Waals surface area contributed by atoms with Crippen molar-refractivity contribution >= 4 is 11.6 Å². The van der Waals surface area contributed by atoms with Crippen LogP contribution in [0.5, 0.6) is 0 Å². The van der Waals surface area contributed by atoms with E-state index in [1.165, 1.54) is 0 Å². The monoisotopic (exact) mass is 360 g/mol. The Bertz CT molecular complexity index is 710. The van der Waals surface area contributed by atoms with Crippen molar-refractivity contribution in [2.24, 2.45) is 22.7 Å². The molecule has 3 aliphatic rings. The number of hydrogen-bond acceptors (Lipinski definition) is 4. The van der Waals surface area contributed by atoms with Gasteiger partial charge in [-0.3, -0.25) is 9.59 Å². The summed E-state index contributed by atoms with van der Waals surface area (Å²) >= 11 is 0. The predicted octanol–water partition coefficient (Wildman–Crippen LogP) is 4.54. The second-order valence-corrected chi connectivity index (χ2v) is 9.36. The van der Waals surface area contributed by atoms with Crippen molar-refractivity contribution in [2.45, 2.75) is 73.3 Å². The first-order valence-electron chi connectivity index (χ1n) is 9.95. The topological polar surface area (TPSA) is 63.6 Å². The minimum atomic E-state index is -0.531. The molecule has 0 aromatic heterocycles. The van der Waals surface area contributed by atoms with Crippen LogP contribution in [-0.4, -0.2) is 29.4 Å². The number of aliphatic hydroxyl groups is 1. The zero-order valence-electron chi connectivity index (χ0n) is 16.9. The molecule has 4 nitrogen and oxygen atoms in total. The van der Waals surface area contributed by atoms with E-state index in [0.717, 1.165) is 25.7 Å². The molecule has 3 rings (SSSR count). The van der Waals surface area contributed by atoms with Crippen LogP contribution in [-0.2, 0) is 14.3 Å². The van der Waals surface area contributed by atoms with Gasteiger partial charge in [0.15, 0.2) is 0 Å². The third-order valence-electron chi connectivity index (χ3n) is 6.98. The van der Waals surface area contributed by atoms with E-state index in [-0.39, 0.29) is 40.1 Å². The van der Waals surface area contributed by atoms with Gasteiger partial charge in [-0.25, -0.2) is 0 Å². The Labute approximate surface area is 156 Å². The summed E-state index contributed by atoms with van der Waals surface area (Å²) in [5, 5.41) is 11.0. The van der Waals surface area contributed by atoms with Gasteiger partial charge < -0.3 is 9.84 Å². The maximum atomic E-state index is 13.2. The molecule has 3 aliphatic carbocycles. The third-order valence-corrected chi connectivity index (χ3v) is 6.98. The van der Waals surface area contributed by atoms with Crippen molar-refractivity contribution in [3.05, 3.63) is 22.5 Å². The van der Waals surface area contributed by atoms with E-state index in [2.05, 4.69) is 20.8 Å². The first kappa shape index (κ1) is 19.3. The molecule has 0 saturated heterocycles. The molecular formula is C22H32O4. The summed E-state index contributed by atoms with van der Waals surface area (Å²) < 4.78 is 6.01. The van der Waals surface area contributed by atoms with Crippen molar-refractivity contribution in [3.63, 3.8) is 0 Å². The maximum Gasteiger partial charge on any atom is 0.233 e. The fourth-order valence-electron chi connectivity index (χ4n) is 5.83. The van der Waals surface area contributed by atoms with Crippen LogP contribution in [0.3, 0.4) is 0 Å². The molecule has 1 N–H and O–H groups in total. The number of rotatable bonds is 3. The van der Waals surface area contributed by atoms with Gasteiger partial charge in [-0.2, -0.15) is 0 Å². The van der Waals surface area contributed by atoms with Gasteiger partial charge >= 0.3 is 0 Å². The molecule has 4 heteroatoms. The average Bonchev–Trinajstić information content (AvgIpc) is 2.52. The number of aliphatic hydroxyl groups excluding tert-OH is 1. The van der Waals surface area contributed by atoms with Crippen LogP contribution in [0, 0.1) is 22.7 Å². The molecule has 144 valence electrons. The van der Waals surface area contributed by atoms with E-state index in [1.54, 1.807) is 0 Å². The van der Waals surface area contributed by atoms with Crippen molar-refractivity contribution < 1.29 is 19.4 Å². The molecule has 0 aromatic rings. The van der Waals surface area contributed by atoms with Crippen molar-refractivity contribution in [1.82, 2.24) is 0 Å². The number of carbonyl (C=O) groups is 2. The number of fused-ring (bicyclic) bond motifs is 2. The quantitative estimate of drug-likeness (QED) is 0.593. The zero-order valence-corrected chi connectivity index (χ0v) is 16.9. The lowest BCUT2D eigenvalue weighted by Crippen LogP contribution is -2.53. The van der Waals surface area contributed by atoms with E-state index >= 15 is 0 Å². The lowest BCUT2D eigenvalue weighted by molar-refractivity contribution is -0.135. The van der Waals surface area contributed by atoms with Gasteiger partial charge in [-0.15, -0.1) is 0 Å². The van der Waals surface area contributed by atoms with Crippen LogP contribution < -0.4 is 0 Å². The van der Waals surface area contributed by atoms with Crippen LogP contribution in [0.2, 0.25) is 0 Å². The summed E-state index contributed by atoms with van der Waals surface area (Å²) in [5.74, 6) is -0.894. The second kappa shape index (κ2) is 6.33. The molecule has 3 atom stereocenters. The van der Waals surface area contributed by atoms with Gasteiger partial charge in [0, 0.05) is 28.7 Å². The summed E-state index contributed by atoms with van der Waals surface area (Å²) in [6, 6.07) is 0. The Morgan fingerprint density at radius 1 is 1.15 bits per heavy atom. The average molecular weight is 360 g/mol. The minimum absolute atomic E-state index is 0.00102. The van der Waals surface area contributed by atoms with Crippen molar-refractivity contribution in [2.75, 3.05) is 6.61 Å². The molecule has 0 bridgehead atoms. The highest BCUT2D eigenvalue weighted by molar-refractivity contribution is 6.50. The summed E-state index contributed by atoms with van der Waals surface area (Å²) in [7, 11) is 0. The lowest BCUT2D eigenvalue weighted by Gasteiger charge is -2.56.